The average Bonchev–Trinajstić information content (AvgIpc) is 2.15. The molecule has 0 bridgehead atoms. The Bertz CT molecular complexity index is 395. The highest BCUT2D eigenvalue weighted by Crippen LogP contribution is 2.27. The van der Waals surface area contributed by atoms with Gasteiger partial charge in [0.15, 0.2) is 0 Å². The first kappa shape index (κ1) is 12.9. The second-order valence-electron chi connectivity index (χ2n) is 3.68. The van der Waals surface area contributed by atoms with E-state index in [1.807, 2.05) is 25.1 Å². The third kappa shape index (κ3) is 3.15. The zero-order valence-electron chi connectivity index (χ0n) is 9.18. The summed E-state index contributed by atoms with van der Waals surface area (Å²) in [5.41, 5.74) is 6.71. The normalized spacial score (nSPS) is 14.2. The molecule has 5 heteroatoms. The number of ether oxygens (including phenoxy) is 1. The maximum atomic E-state index is 10.5. The predicted octanol–water partition coefficient (Wildman–Crippen LogP) is 1.80. The zero-order valence-corrected chi connectivity index (χ0v) is 10.1. The molecule has 0 fully saturated rings. The summed E-state index contributed by atoms with van der Waals surface area (Å²) in [5.74, 6) is -0.374. The van der Waals surface area contributed by atoms with Crippen molar-refractivity contribution in [3.63, 3.8) is 0 Å². The molecule has 1 aromatic carbocycles. The minimum absolute atomic E-state index is 0.374. The summed E-state index contributed by atoms with van der Waals surface area (Å²) < 4.78 is 4.51. The lowest BCUT2D eigenvalue weighted by molar-refractivity contribution is -0.0633. The van der Waals surface area contributed by atoms with Crippen LogP contribution in [0, 0.1) is 6.92 Å². The van der Waals surface area contributed by atoms with Gasteiger partial charge in [0, 0.05) is 10.8 Å². The van der Waals surface area contributed by atoms with Gasteiger partial charge in [-0.2, -0.15) is 0 Å². The Labute approximate surface area is 99.8 Å². The van der Waals surface area contributed by atoms with E-state index in [4.69, 9.17) is 5.73 Å². The molecule has 0 saturated carbocycles. The molecule has 2 atom stereocenters. The summed E-state index contributed by atoms with van der Waals surface area (Å²) in [6.45, 7) is 3.68. The molecule has 0 heterocycles. The number of primary amides is 1. The van der Waals surface area contributed by atoms with Gasteiger partial charge in [-0.1, -0.05) is 24.6 Å². The Balaban J connectivity index is 2.87. The highest BCUT2D eigenvalue weighted by molar-refractivity contribution is 7.80. The van der Waals surface area contributed by atoms with Crippen LogP contribution in [-0.4, -0.2) is 17.5 Å². The van der Waals surface area contributed by atoms with Crippen molar-refractivity contribution in [1.29, 1.82) is 0 Å². The van der Waals surface area contributed by atoms with Gasteiger partial charge in [0.05, 0.1) is 0 Å². The molecule has 4 nitrogen and oxygen atoms in total. The maximum absolute atomic E-state index is 10.5. The van der Waals surface area contributed by atoms with Crippen molar-refractivity contribution in [3.8, 4) is 0 Å². The van der Waals surface area contributed by atoms with Crippen LogP contribution in [0.3, 0.4) is 0 Å². The summed E-state index contributed by atoms with van der Waals surface area (Å²) >= 11 is 4.31. The second-order valence-corrected chi connectivity index (χ2v) is 4.16. The predicted molar refractivity (Wildman–Crippen MR) is 63.5 cm³/mol. The Hall–Kier alpha value is -1.20. The van der Waals surface area contributed by atoms with Crippen molar-refractivity contribution in [3.05, 3.63) is 29.3 Å². The van der Waals surface area contributed by atoms with Crippen molar-refractivity contribution in [2.24, 2.45) is 5.73 Å². The minimum atomic E-state index is -1.26. The smallest absolute Gasteiger partial charge is 0.406 e. The van der Waals surface area contributed by atoms with Crippen molar-refractivity contribution < 1.29 is 14.6 Å². The van der Waals surface area contributed by atoms with E-state index in [1.54, 1.807) is 6.92 Å². The zero-order chi connectivity index (χ0) is 12.3. The molecule has 0 spiro atoms. The molecule has 1 rings (SSSR count). The van der Waals surface area contributed by atoms with Crippen LogP contribution in [0.25, 0.3) is 0 Å². The van der Waals surface area contributed by atoms with Crippen LogP contribution in [0.4, 0.5) is 4.79 Å². The van der Waals surface area contributed by atoms with Gasteiger partial charge in [0.25, 0.3) is 0 Å². The molecule has 1 amide bonds. The summed E-state index contributed by atoms with van der Waals surface area (Å²) in [7, 11) is 0. The number of rotatable bonds is 3. The van der Waals surface area contributed by atoms with E-state index in [9.17, 15) is 9.90 Å². The molecule has 0 aliphatic carbocycles. The first-order valence-corrected chi connectivity index (χ1v) is 5.30. The number of carbonyl (C=O) groups is 1. The van der Waals surface area contributed by atoms with Gasteiger partial charge in [-0.15, -0.1) is 12.6 Å². The van der Waals surface area contributed by atoms with E-state index in [-0.39, 0.29) is 5.92 Å². The molecule has 0 radical (unpaired) electrons. The fourth-order valence-corrected chi connectivity index (χ4v) is 1.90. The number of hydrogen-bond acceptors (Lipinski definition) is 4. The molecule has 0 aliphatic rings. The Morgan fingerprint density at radius 3 is 2.69 bits per heavy atom. The Kier molecular flexibility index (Phi) is 4.20. The number of benzene rings is 1. The molecule has 16 heavy (non-hydrogen) atoms. The first-order chi connectivity index (χ1) is 7.41. The maximum Gasteiger partial charge on any atom is 0.406 e. The fourth-order valence-electron chi connectivity index (χ4n) is 1.41. The summed E-state index contributed by atoms with van der Waals surface area (Å²) in [5, 5.41) is 9.58. The number of carbonyl (C=O) groups excluding carboxylic acids is 1. The molecule has 0 aromatic heterocycles. The average molecular weight is 241 g/mol. The Morgan fingerprint density at radius 2 is 2.19 bits per heavy atom. The molecule has 3 N–H and O–H groups in total. The van der Waals surface area contributed by atoms with Crippen LogP contribution in [0.1, 0.15) is 24.0 Å². The number of aliphatic hydroxyl groups is 1. The van der Waals surface area contributed by atoms with Gasteiger partial charge in [0.1, 0.15) is 0 Å². The van der Waals surface area contributed by atoms with E-state index in [2.05, 4.69) is 17.4 Å². The van der Waals surface area contributed by atoms with E-state index in [0.717, 1.165) is 16.0 Å². The van der Waals surface area contributed by atoms with Gasteiger partial charge in [-0.3, -0.25) is 0 Å². The third-order valence-corrected chi connectivity index (χ3v) is 2.73. The van der Waals surface area contributed by atoms with Crippen molar-refractivity contribution in [2.45, 2.75) is 31.0 Å². The van der Waals surface area contributed by atoms with E-state index >= 15 is 0 Å². The van der Waals surface area contributed by atoms with Crippen molar-refractivity contribution in [1.82, 2.24) is 0 Å². The monoisotopic (exact) mass is 241 g/mol. The number of hydrogen-bond donors (Lipinski definition) is 3. The van der Waals surface area contributed by atoms with Crippen molar-refractivity contribution >= 4 is 18.7 Å². The quantitative estimate of drug-likeness (QED) is 0.558. The van der Waals surface area contributed by atoms with Gasteiger partial charge in [-0.05, 0) is 18.6 Å². The van der Waals surface area contributed by atoms with Crippen molar-refractivity contribution in [2.75, 3.05) is 0 Å². The van der Waals surface area contributed by atoms with Crippen LogP contribution >= 0.6 is 12.6 Å². The number of aliphatic hydroxyl groups excluding tert-OH is 1. The van der Waals surface area contributed by atoms with Crippen LogP contribution in [-0.2, 0) is 4.74 Å². The molecular weight excluding hydrogens is 226 g/mol. The van der Waals surface area contributed by atoms with Gasteiger partial charge >= 0.3 is 6.09 Å². The molecular formula is C11H15NO3S. The van der Waals surface area contributed by atoms with E-state index in [0.29, 0.717) is 0 Å². The number of amides is 1. The lowest BCUT2D eigenvalue weighted by Crippen LogP contribution is -2.27. The number of aryl methyl sites for hydroxylation is 1. The SMILES string of the molecule is Cc1ccc(C(C)C(O)OC(N)=O)c(S)c1. The topological polar surface area (TPSA) is 72.6 Å². The Morgan fingerprint density at radius 1 is 1.56 bits per heavy atom. The fraction of sp³-hybridized carbons (Fsp3) is 0.364. The largest absolute Gasteiger partial charge is 0.419 e. The lowest BCUT2D eigenvalue weighted by Gasteiger charge is -2.19. The molecule has 2 unspecified atom stereocenters. The standard InChI is InChI=1S/C11H15NO3S/c1-6-3-4-8(9(16)5-6)7(2)10(13)15-11(12)14/h3-5,7,10,13,16H,1-2H3,(H2,12,14). The molecule has 0 aliphatic heterocycles. The summed E-state index contributed by atoms with van der Waals surface area (Å²) in [4.78, 5) is 11.3. The van der Waals surface area contributed by atoms with Gasteiger partial charge in [0.2, 0.25) is 6.29 Å². The molecule has 88 valence electrons. The minimum Gasteiger partial charge on any atom is -0.419 e. The molecule has 0 saturated heterocycles. The van der Waals surface area contributed by atoms with E-state index in [1.165, 1.54) is 0 Å². The van der Waals surface area contributed by atoms with Crippen LogP contribution in [0.15, 0.2) is 23.1 Å². The summed E-state index contributed by atoms with van der Waals surface area (Å²) in [6.07, 6.45) is -2.25. The first-order valence-electron chi connectivity index (χ1n) is 4.85. The van der Waals surface area contributed by atoms with Crippen LogP contribution in [0.5, 0.6) is 0 Å². The second kappa shape index (κ2) is 5.23. The van der Waals surface area contributed by atoms with Crippen LogP contribution in [0.2, 0.25) is 0 Å². The number of nitrogens with two attached hydrogens (primary N) is 1. The number of thiol groups is 1. The van der Waals surface area contributed by atoms with Crippen LogP contribution < -0.4 is 5.73 Å². The van der Waals surface area contributed by atoms with Gasteiger partial charge < -0.3 is 15.6 Å². The van der Waals surface area contributed by atoms with E-state index < -0.39 is 12.4 Å². The highest BCUT2D eigenvalue weighted by Gasteiger charge is 2.20. The summed E-state index contributed by atoms with van der Waals surface area (Å²) in [6, 6.07) is 5.63. The lowest BCUT2D eigenvalue weighted by atomic mass is 9.99. The highest BCUT2D eigenvalue weighted by atomic mass is 32.1. The third-order valence-electron chi connectivity index (χ3n) is 2.34. The van der Waals surface area contributed by atoms with Gasteiger partial charge in [-0.25, -0.2) is 4.79 Å². The molecule has 1 aromatic rings.